The number of rotatable bonds is 3. The van der Waals surface area contributed by atoms with E-state index in [1.54, 1.807) is 24.3 Å². The predicted octanol–water partition coefficient (Wildman–Crippen LogP) is 3.29. The monoisotopic (exact) mass is 479 g/mol. The number of carbonyl (C=O) groups excluding carboxylic acids is 2. The Morgan fingerprint density at radius 2 is 1.90 bits per heavy atom. The van der Waals surface area contributed by atoms with E-state index in [0.29, 0.717) is 18.2 Å². The van der Waals surface area contributed by atoms with Crippen LogP contribution in [-0.4, -0.2) is 28.3 Å². The maximum Gasteiger partial charge on any atom is 0.258 e. The second kappa shape index (κ2) is 7.66. The zero-order valence-electron chi connectivity index (χ0n) is 16.3. The number of halogens is 1. The van der Waals surface area contributed by atoms with Gasteiger partial charge < -0.3 is 15.5 Å². The molecule has 9 heteroatoms. The van der Waals surface area contributed by atoms with Crippen molar-refractivity contribution in [1.29, 1.82) is 0 Å². The molecule has 3 aromatic rings. The number of nitrogens with one attached hydrogen (secondary N) is 3. The first-order chi connectivity index (χ1) is 15.0. The highest BCUT2D eigenvalue weighted by Crippen LogP contribution is 2.35. The average Bonchev–Trinajstić information content (AvgIpc) is 3.18. The van der Waals surface area contributed by atoms with E-state index in [1.807, 2.05) is 29.2 Å². The second-order valence-electron chi connectivity index (χ2n) is 7.48. The summed E-state index contributed by atoms with van der Waals surface area (Å²) in [4.78, 5) is 47.5. The van der Waals surface area contributed by atoms with Crippen molar-refractivity contribution in [1.82, 2.24) is 9.97 Å². The molecular weight excluding hydrogens is 462 g/mol. The number of aromatic nitrogens is 2. The smallest absolute Gasteiger partial charge is 0.258 e. The van der Waals surface area contributed by atoms with E-state index in [2.05, 4.69) is 36.5 Å². The van der Waals surface area contributed by atoms with Crippen molar-refractivity contribution >= 4 is 50.9 Å². The Hall–Kier alpha value is -3.46. The average molecular weight is 480 g/mol. The number of anilines is 4. The van der Waals surface area contributed by atoms with Crippen molar-refractivity contribution in [2.45, 2.75) is 18.8 Å². The number of hydrogen-bond acceptors (Lipinski definition) is 5. The van der Waals surface area contributed by atoms with Crippen LogP contribution in [0.2, 0.25) is 0 Å². The summed E-state index contributed by atoms with van der Waals surface area (Å²) in [5.74, 6) is -1.22. The fourth-order valence-electron chi connectivity index (χ4n) is 4.03. The van der Waals surface area contributed by atoms with E-state index in [1.165, 1.54) is 5.56 Å². The third kappa shape index (κ3) is 3.61. The van der Waals surface area contributed by atoms with Crippen LogP contribution in [0.15, 0.2) is 57.8 Å². The highest BCUT2D eigenvalue weighted by molar-refractivity contribution is 9.10. The minimum atomic E-state index is -0.927. The number of H-pyrrole nitrogens is 1. The van der Waals surface area contributed by atoms with Crippen LogP contribution in [0.25, 0.3) is 0 Å². The van der Waals surface area contributed by atoms with Gasteiger partial charge in [0.1, 0.15) is 5.82 Å². The molecule has 3 N–H and O–H groups in total. The molecule has 1 atom stereocenters. The molecule has 0 aliphatic carbocycles. The Morgan fingerprint density at radius 3 is 2.71 bits per heavy atom. The molecular formula is C22H18BrN5O3. The van der Waals surface area contributed by atoms with Gasteiger partial charge in [0.25, 0.3) is 5.56 Å². The van der Waals surface area contributed by atoms with E-state index < -0.39 is 17.4 Å². The zero-order valence-corrected chi connectivity index (χ0v) is 17.9. The molecule has 8 nitrogen and oxygen atoms in total. The summed E-state index contributed by atoms with van der Waals surface area (Å²) in [5, 5.41) is 5.44. The summed E-state index contributed by atoms with van der Waals surface area (Å²) in [5.41, 5.74) is 2.46. The summed E-state index contributed by atoms with van der Waals surface area (Å²) in [6.07, 6.45) is 0.716. The highest BCUT2D eigenvalue weighted by atomic mass is 79.9. The molecule has 31 heavy (non-hydrogen) atoms. The summed E-state index contributed by atoms with van der Waals surface area (Å²) in [6, 6.07) is 15.0. The quantitative estimate of drug-likeness (QED) is 0.534. The number of amides is 2. The molecule has 2 amide bonds. The van der Waals surface area contributed by atoms with E-state index in [4.69, 9.17) is 0 Å². The van der Waals surface area contributed by atoms with Crippen LogP contribution in [0, 0.1) is 0 Å². The summed E-state index contributed by atoms with van der Waals surface area (Å²) in [7, 11) is 0. The van der Waals surface area contributed by atoms with Gasteiger partial charge in [-0.05, 0) is 42.3 Å². The van der Waals surface area contributed by atoms with Gasteiger partial charge in [-0.3, -0.25) is 19.4 Å². The molecule has 0 radical (unpaired) electrons. The highest BCUT2D eigenvalue weighted by Gasteiger charge is 2.35. The second-order valence-corrected chi connectivity index (χ2v) is 8.40. The van der Waals surface area contributed by atoms with Crippen LogP contribution < -0.4 is 21.1 Å². The fourth-order valence-corrected chi connectivity index (χ4v) is 4.30. The predicted molar refractivity (Wildman–Crippen MR) is 121 cm³/mol. The maximum absolute atomic E-state index is 13.0. The first kappa shape index (κ1) is 19.5. The van der Waals surface area contributed by atoms with Crippen LogP contribution in [0.5, 0.6) is 0 Å². The van der Waals surface area contributed by atoms with Crippen molar-refractivity contribution in [3.8, 4) is 0 Å². The molecule has 3 heterocycles. The van der Waals surface area contributed by atoms with Crippen molar-refractivity contribution in [3.05, 3.63) is 74.5 Å². The van der Waals surface area contributed by atoms with Crippen molar-refractivity contribution in [2.24, 2.45) is 0 Å². The third-order valence-corrected chi connectivity index (χ3v) is 6.04. The molecule has 2 aromatic carbocycles. The topological polar surface area (TPSA) is 107 Å². The molecule has 2 aliphatic heterocycles. The number of carbonyl (C=O) groups is 2. The standard InChI is InChI=1S/C22H18BrN5O3/c23-13-5-7-14(8-6-13)24-20(30)15-11-17(29)25-19-18(15)21(31)27-22(26-19)28-10-9-12-3-1-2-4-16(12)28/h1-8,15H,9-11H2,(H,24,30)(H2,25,26,27,29,31). The lowest BCUT2D eigenvalue weighted by Gasteiger charge is -2.25. The molecule has 0 saturated heterocycles. The Bertz CT molecular complexity index is 1250. The van der Waals surface area contributed by atoms with E-state index in [0.717, 1.165) is 16.6 Å². The van der Waals surface area contributed by atoms with Gasteiger partial charge in [-0.25, -0.2) is 0 Å². The lowest BCUT2D eigenvalue weighted by molar-refractivity contribution is -0.123. The van der Waals surface area contributed by atoms with Crippen molar-refractivity contribution < 1.29 is 9.59 Å². The largest absolute Gasteiger partial charge is 0.326 e. The summed E-state index contributed by atoms with van der Waals surface area (Å²) in [6.45, 7) is 0.669. The Labute approximate surface area is 185 Å². The fraction of sp³-hybridized carbons (Fsp3) is 0.182. The molecule has 0 bridgehead atoms. The number of benzene rings is 2. The molecule has 5 rings (SSSR count). The first-order valence-corrected chi connectivity index (χ1v) is 10.6. The number of nitrogens with zero attached hydrogens (tertiary/aromatic N) is 2. The lowest BCUT2D eigenvalue weighted by Crippen LogP contribution is -2.37. The van der Waals surface area contributed by atoms with E-state index >= 15 is 0 Å². The Morgan fingerprint density at radius 1 is 1.13 bits per heavy atom. The van der Waals surface area contributed by atoms with Gasteiger partial charge in [0.15, 0.2) is 0 Å². The SMILES string of the molecule is O=C1CC(C(=O)Nc2ccc(Br)cc2)c2c(nc(N3CCc4ccccc43)[nH]c2=O)N1. The van der Waals surface area contributed by atoms with Gasteiger partial charge in [-0.15, -0.1) is 0 Å². The molecule has 0 fully saturated rings. The van der Waals surface area contributed by atoms with Crippen LogP contribution in [0.4, 0.5) is 23.1 Å². The van der Waals surface area contributed by atoms with Crippen LogP contribution in [-0.2, 0) is 16.0 Å². The minimum absolute atomic E-state index is 0.119. The van der Waals surface area contributed by atoms with Crippen LogP contribution in [0.1, 0.15) is 23.5 Å². The first-order valence-electron chi connectivity index (χ1n) is 9.85. The number of para-hydroxylation sites is 1. The Balaban J connectivity index is 1.49. The van der Waals surface area contributed by atoms with E-state index in [9.17, 15) is 14.4 Å². The van der Waals surface area contributed by atoms with Gasteiger partial charge in [0, 0.05) is 28.8 Å². The molecule has 1 aromatic heterocycles. The third-order valence-electron chi connectivity index (χ3n) is 5.51. The summed E-state index contributed by atoms with van der Waals surface area (Å²) < 4.78 is 0.879. The Kier molecular flexibility index (Phi) is 4.82. The molecule has 2 aliphatic rings. The van der Waals surface area contributed by atoms with Crippen LogP contribution >= 0.6 is 15.9 Å². The maximum atomic E-state index is 13.0. The molecule has 1 unspecified atom stereocenters. The van der Waals surface area contributed by atoms with Crippen LogP contribution in [0.3, 0.4) is 0 Å². The van der Waals surface area contributed by atoms with E-state index in [-0.39, 0.29) is 23.7 Å². The van der Waals surface area contributed by atoms with Gasteiger partial charge in [-0.1, -0.05) is 34.1 Å². The molecule has 0 saturated carbocycles. The van der Waals surface area contributed by atoms with Gasteiger partial charge in [-0.2, -0.15) is 4.98 Å². The molecule has 156 valence electrons. The van der Waals surface area contributed by atoms with Gasteiger partial charge in [0.05, 0.1) is 11.5 Å². The van der Waals surface area contributed by atoms with Gasteiger partial charge in [0.2, 0.25) is 17.8 Å². The number of fused-ring (bicyclic) bond motifs is 2. The van der Waals surface area contributed by atoms with Crippen molar-refractivity contribution in [3.63, 3.8) is 0 Å². The normalized spacial score (nSPS) is 17.0. The van der Waals surface area contributed by atoms with Gasteiger partial charge >= 0.3 is 0 Å². The number of hydrogen-bond donors (Lipinski definition) is 3. The number of aromatic amines is 1. The lowest BCUT2D eigenvalue weighted by atomic mass is 9.92. The zero-order chi connectivity index (χ0) is 21.5. The minimum Gasteiger partial charge on any atom is -0.326 e. The summed E-state index contributed by atoms with van der Waals surface area (Å²) >= 11 is 3.35. The molecule has 0 spiro atoms. The van der Waals surface area contributed by atoms with Crippen molar-refractivity contribution in [2.75, 3.05) is 22.1 Å².